The van der Waals surface area contributed by atoms with Crippen LogP contribution < -0.4 is 0 Å². The predicted molar refractivity (Wildman–Crippen MR) is 46.1 cm³/mol. The highest BCUT2D eigenvalue weighted by Gasteiger charge is 2.60. The average molecular weight is 184 g/mol. The average Bonchev–Trinajstić information content (AvgIpc) is 2.62. The van der Waals surface area contributed by atoms with E-state index in [1.165, 1.54) is 6.42 Å². The topological polar surface area (TPSA) is 38.7 Å². The van der Waals surface area contributed by atoms with Gasteiger partial charge in [0.1, 0.15) is 0 Å². The third-order valence-electron chi connectivity index (χ3n) is 3.88. The molecule has 1 spiro atoms. The van der Waals surface area contributed by atoms with Crippen molar-refractivity contribution < 1.29 is 14.6 Å². The van der Waals surface area contributed by atoms with E-state index in [-0.39, 0.29) is 17.8 Å². The van der Waals surface area contributed by atoms with Gasteiger partial charge in [-0.05, 0) is 19.3 Å². The maximum absolute atomic E-state index is 9.86. The lowest BCUT2D eigenvalue weighted by atomic mass is 9.82. The second-order valence-electron chi connectivity index (χ2n) is 4.46. The van der Waals surface area contributed by atoms with Crippen molar-refractivity contribution >= 4 is 0 Å². The Hall–Kier alpha value is -0.120. The van der Waals surface area contributed by atoms with Gasteiger partial charge in [0.15, 0.2) is 5.79 Å². The summed E-state index contributed by atoms with van der Waals surface area (Å²) in [6.45, 7) is 1.42. The highest BCUT2D eigenvalue weighted by Crippen LogP contribution is 2.53. The molecule has 0 amide bonds. The molecule has 3 atom stereocenters. The molecule has 1 saturated heterocycles. The fraction of sp³-hybridized carbons (Fsp3) is 1.00. The number of hydrogen-bond donors (Lipinski definition) is 1. The van der Waals surface area contributed by atoms with Gasteiger partial charge < -0.3 is 14.6 Å². The minimum absolute atomic E-state index is 0.189. The van der Waals surface area contributed by atoms with Crippen LogP contribution in [0.15, 0.2) is 0 Å². The molecule has 3 nitrogen and oxygen atoms in total. The maximum Gasteiger partial charge on any atom is 0.176 e. The third kappa shape index (κ3) is 0.953. The molecule has 13 heavy (non-hydrogen) atoms. The van der Waals surface area contributed by atoms with Crippen molar-refractivity contribution in [3.8, 4) is 0 Å². The Kier molecular flexibility index (Phi) is 1.70. The highest BCUT2D eigenvalue weighted by molar-refractivity contribution is 5.02. The Morgan fingerprint density at radius 3 is 2.62 bits per heavy atom. The fourth-order valence-electron chi connectivity index (χ4n) is 3.38. The summed E-state index contributed by atoms with van der Waals surface area (Å²) in [5.74, 6) is 0.315. The van der Waals surface area contributed by atoms with Gasteiger partial charge in [0.25, 0.3) is 0 Å². The van der Waals surface area contributed by atoms with Crippen LogP contribution in [-0.2, 0) is 9.47 Å². The molecule has 0 aromatic heterocycles. The van der Waals surface area contributed by atoms with Crippen molar-refractivity contribution in [2.24, 2.45) is 11.8 Å². The molecule has 0 aromatic rings. The summed E-state index contributed by atoms with van der Waals surface area (Å²) in [7, 11) is 0. The van der Waals surface area contributed by atoms with Gasteiger partial charge in [-0.3, -0.25) is 0 Å². The zero-order valence-corrected chi connectivity index (χ0v) is 7.74. The van der Waals surface area contributed by atoms with Crippen LogP contribution in [0.25, 0.3) is 0 Å². The van der Waals surface area contributed by atoms with E-state index in [2.05, 4.69) is 0 Å². The number of ether oxygens (including phenoxy) is 2. The Bertz CT molecular complexity index is 210. The van der Waals surface area contributed by atoms with Crippen LogP contribution in [0.4, 0.5) is 0 Å². The van der Waals surface area contributed by atoms with E-state index < -0.39 is 0 Å². The third-order valence-corrected chi connectivity index (χ3v) is 3.88. The highest BCUT2D eigenvalue weighted by atomic mass is 16.7. The first kappa shape index (κ1) is 8.21. The minimum Gasteiger partial charge on any atom is -0.393 e. The number of rotatable bonds is 0. The first-order valence-electron chi connectivity index (χ1n) is 5.29. The molecule has 74 valence electrons. The van der Waals surface area contributed by atoms with Crippen molar-refractivity contribution in [3.05, 3.63) is 0 Å². The quantitative estimate of drug-likeness (QED) is 0.608. The summed E-state index contributed by atoms with van der Waals surface area (Å²) in [5.41, 5.74) is 0. The molecule has 2 saturated carbocycles. The predicted octanol–water partition coefficient (Wildman–Crippen LogP) is 0.910. The second-order valence-corrected chi connectivity index (χ2v) is 4.46. The van der Waals surface area contributed by atoms with Gasteiger partial charge in [0, 0.05) is 11.8 Å². The summed E-state index contributed by atoms with van der Waals surface area (Å²) in [6.07, 6.45) is 4.14. The van der Waals surface area contributed by atoms with Crippen molar-refractivity contribution in [2.75, 3.05) is 13.2 Å². The van der Waals surface area contributed by atoms with Crippen LogP contribution in [0.5, 0.6) is 0 Å². The Balaban J connectivity index is 1.94. The van der Waals surface area contributed by atoms with Gasteiger partial charge in [-0.1, -0.05) is 6.42 Å². The largest absolute Gasteiger partial charge is 0.393 e. The van der Waals surface area contributed by atoms with Crippen molar-refractivity contribution in [1.29, 1.82) is 0 Å². The molecule has 1 aliphatic heterocycles. The monoisotopic (exact) mass is 184 g/mol. The molecule has 0 unspecified atom stereocenters. The Morgan fingerprint density at radius 2 is 1.92 bits per heavy atom. The van der Waals surface area contributed by atoms with E-state index >= 15 is 0 Å². The standard InChI is InChI=1S/C10H16O3/c11-9-6-7-2-1-3-8(9)10(7)12-4-5-13-10/h7-9,11H,1-6H2/t7-,8+,9-/m0/s1. The summed E-state index contributed by atoms with van der Waals surface area (Å²) < 4.78 is 11.5. The SMILES string of the molecule is O[C@H]1C[C@@H]2CCC[C@H]1C21OCCO1. The molecule has 2 aliphatic carbocycles. The lowest BCUT2D eigenvalue weighted by Crippen LogP contribution is -2.45. The first-order valence-corrected chi connectivity index (χ1v) is 5.29. The van der Waals surface area contributed by atoms with E-state index in [0.717, 1.165) is 19.3 Å². The fourth-order valence-corrected chi connectivity index (χ4v) is 3.38. The van der Waals surface area contributed by atoms with Gasteiger partial charge in [0.2, 0.25) is 0 Å². The van der Waals surface area contributed by atoms with Gasteiger partial charge in [-0.15, -0.1) is 0 Å². The maximum atomic E-state index is 9.86. The molecule has 0 aromatic carbocycles. The zero-order valence-electron chi connectivity index (χ0n) is 7.74. The van der Waals surface area contributed by atoms with E-state index in [0.29, 0.717) is 19.1 Å². The number of aliphatic hydroxyl groups is 1. The van der Waals surface area contributed by atoms with E-state index in [9.17, 15) is 5.11 Å². The minimum atomic E-state index is -0.377. The van der Waals surface area contributed by atoms with E-state index in [1.807, 2.05) is 0 Å². The van der Waals surface area contributed by atoms with Crippen molar-refractivity contribution in [2.45, 2.75) is 37.6 Å². The molecular weight excluding hydrogens is 168 g/mol. The molecular formula is C10H16O3. The summed E-state index contributed by atoms with van der Waals surface area (Å²) >= 11 is 0. The van der Waals surface area contributed by atoms with E-state index in [1.54, 1.807) is 0 Å². The van der Waals surface area contributed by atoms with Crippen LogP contribution in [0.2, 0.25) is 0 Å². The molecule has 1 heterocycles. The molecule has 3 rings (SSSR count). The molecule has 3 fully saturated rings. The first-order chi connectivity index (χ1) is 6.33. The van der Waals surface area contributed by atoms with Crippen molar-refractivity contribution in [1.82, 2.24) is 0 Å². The summed E-state index contributed by atoms with van der Waals surface area (Å²) in [5, 5.41) is 9.86. The van der Waals surface area contributed by atoms with Gasteiger partial charge in [0.05, 0.1) is 19.3 Å². The lowest BCUT2D eigenvalue weighted by molar-refractivity contribution is -0.228. The lowest BCUT2D eigenvalue weighted by Gasteiger charge is -2.38. The molecule has 3 heteroatoms. The van der Waals surface area contributed by atoms with Crippen LogP contribution in [0, 0.1) is 11.8 Å². The summed E-state index contributed by atoms with van der Waals surface area (Å²) in [4.78, 5) is 0. The van der Waals surface area contributed by atoms with Gasteiger partial charge in [-0.25, -0.2) is 0 Å². The second kappa shape index (κ2) is 2.69. The number of aliphatic hydroxyl groups excluding tert-OH is 1. The molecule has 0 radical (unpaired) electrons. The van der Waals surface area contributed by atoms with Crippen molar-refractivity contribution in [3.63, 3.8) is 0 Å². The van der Waals surface area contributed by atoms with Gasteiger partial charge >= 0.3 is 0 Å². The molecule has 2 bridgehead atoms. The van der Waals surface area contributed by atoms with Crippen LogP contribution >= 0.6 is 0 Å². The summed E-state index contributed by atoms with van der Waals surface area (Å²) in [6, 6.07) is 0. The van der Waals surface area contributed by atoms with Gasteiger partial charge in [-0.2, -0.15) is 0 Å². The number of hydrogen-bond acceptors (Lipinski definition) is 3. The molecule has 3 aliphatic rings. The normalized spacial score (nSPS) is 47.3. The smallest absolute Gasteiger partial charge is 0.176 e. The van der Waals surface area contributed by atoms with Crippen LogP contribution in [0.3, 0.4) is 0 Å². The van der Waals surface area contributed by atoms with Crippen LogP contribution in [-0.4, -0.2) is 30.2 Å². The van der Waals surface area contributed by atoms with Crippen LogP contribution in [0.1, 0.15) is 25.7 Å². The van der Waals surface area contributed by atoms with E-state index in [4.69, 9.17) is 9.47 Å². The zero-order chi connectivity index (χ0) is 8.89. The molecule has 1 N–H and O–H groups in total. The Morgan fingerprint density at radius 1 is 1.15 bits per heavy atom. The Labute approximate surface area is 78.0 Å².